The van der Waals surface area contributed by atoms with Crippen molar-refractivity contribution in [1.82, 2.24) is 4.90 Å². The summed E-state index contributed by atoms with van der Waals surface area (Å²) in [6, 6.07) is -0.409. The topological polar surface area (TPSA) is 46.3 Å². The molecule has 1 amide bonds. The Morgan fingerprint density at radius 2 is 2.36 bits per heavy atom. The number of carbonyl (C=O) groups is 1. The summed E-state index contributed by atoms with van der Waals surface area (Å²) in [6.07, 6.45) is 5.67. The summed E-state index contributed by atoms with van der Waals surface area (Å²) in [5, 5.41) is 0. The molecule has 2 N–H and O–H groups in total. The summed E-state index contributed by atoms with van der Waals surface area (Å²) in [4.78, 5) is 12.6. The molecule has 0 saturated carbocycles. The summed E-state index contributed by atoms with van der Waals surface area (Å²) >= 11 is 0. The van der Waals surface area contributed by atoms with Crippen LogP contribution in [0.25, 0.3) is 0 Å². The number of terminal acetylenes is 1. The lowest BCUT2D eigenvalue weighted by Gasteiger charge is -2.17. The molecule has 3 nitrogen and oxygen atoms in total. The van der Waals surface area contributed by atoms with Crippen molar-refractivity contribution in [2.75, 3.05) is 13.6 Å². The van der Waals surface area contributed by atoms with Crippen LogP contribution >= 0.6 is 0 Å². The van der Waals surface area contributed by atoms with E-state index in [2.05, 4.69) is 5.92 Å². The summed E-state index contributed by atoms with van der Waals surface area (Å²) in [5.41, 5.74) is 5.49. The number of hydrogen-bond donors (Lipinski definition) is 1. The van der Waals surface area contributed by atoms with E-state index in [1.807, 2.05) is 6.92 Å². The second-order valence-corrected chi connectivity index (χ2v) is 2.41. The highest BCUT2D eigenvalue weighted by atomic mass is 16.2. The van der Waals surface area contributed by atoms with Gasteiger partial charge in [0.25, 0.3) is 0 Å². The van der Waals surface area contributed by atoms with Crippen LogP contribution in [0.5, 0.6) is 0 Å². The van der Waals surface area contributed by atoms with E-state index < -0.39 is 6.04 Å². The molecule has 0 heterocycles. The van der Waals surface area contributed by atoms with Gasteiger partial charge in [0.15, 0.2) is 0 Å². The first-order valence-corrected chi connectivity index (χ1v) is 3.57. The van der Waals surface area contributed by atoms with Gasteiger partial charge in [-0.25, -0.2) is 0 Å². The molecule has 0 aromatic carbocycles. The van der Waals surface area contributed by atoms with Gasteiger partial charge in [0, 0.05) is 7.05 Å². The molecule has 0 aromatic heterocycles. The first-order chi connectivity index (χ1) is 5.13. The van der Waals surface area contributed by atoms with Gasteiger partial charge in [-0.2, -0.15) is 0 Å². The van der Waals surface area contributed by atoms with Crippen molar-refractivity contribution in [3.05, 3.63) is 0 Å². The molecule has 0 radical (unpaired) electrons. The monoisotopic (exact) mass is 154 g/mol. The molecule has 0 spiro atoms. The van der Waals surface area contributed by atoms with E-state index in [9.17, 15) is 4.79 Å². The smallest absolute Gasteiger partial charge is 0.239 e. The molecule has 0 saturated heterocycles. The molecule has 0 aliphatic carbocycles. The highest BCUT2D eigenvalue weighted by Gasteiger charge is 2.14. The molecule has 0 aliphatic heterocycles. The van der Waals surface area contributed by atoms with Crippen LogP contribution in [-0.4, -0.2) is 30.4 Å². The molecule has 62 valence electrons. The quantitative estimate of drug-likeness (QED) is 0.573. The number of likely N-dealkylation sites (N-methyl/N-ethyl adjacent to an activating group) is 1. The predicted molar refractivity (Wildman–Crippen MR) is 44.7 cm³/mol. The average Bonchev–Trinajstić information content (AvgIpc) is 2.02. The van der Waals surface area contributed by atoms with Gasteiger partial charge in [0.1, 0.15) is 0 Å². The van der Waals surface area contributed by atoms with Gasteiger partial charge in [0.05, 0.1) is 12.6 Å². The standard InChI is InChI=1S/C8H14N2O/c1-4-6-10(3)8(11)7(9)5-2/h1,7H,5-6,9H2,2-3H3/t7-/m1/s1. The van der Waals surface area contributed by atoms with Crippen LogP contribution in [0.3, 0.4) is 0 Å². The largest absolute Gasteiger partial charge is 0.333 e. The Morgan fingerprint density at radius 3 is 2.73 bits per heavy atom. The number of nitrogens with zero attached hydrogens (tertiary/aromatic N) is 1. The minimum atomic E-state index is -0.409. The highest BCUT2D eigenvalue weighted by Crippen LogP contribution is 1.92. The SMILES string of the molecule is C#CCN(C)C(=O)[C@H](N)CC. The normalized spacial score (nSPS) is 11.8. The molecular formula is C8H14N2O. The van der Waals surface area contributed by atoms with Crippen LogP contribution in [0.2, 0.25) is 0 Å². The Bertz CT molecular complexity index is 171. The molecular weight excluding hydrogens is 140 g/mol. The van der Waals surface area contributed by atoms with Crippen LogP contribution < -0.4 is 5.73 Å². The molecule has 1 atom stereocenters. The fourth-order valence-electron chi connectivity index (χ4n) is 0.673. The fraction of sp³-hybridized carbons (Fsp3) is 0.625. The number of nitrogens with two attached hydrogens (primary N) is 1. The molecule has 11 heavy (non-hydrogen) atoms. The van der Waals surface area contributed by atoms with Gasteiger partial charge in [-0.3, -0.25) is 4.79 Å². The van der Waals surface area contributed by atoms with Crippen molar-refractivity contribution in [1.29, 1.82) is 0 Å². The average molecular weight is 154 g/mol. The third-order valence-corrected chi connectivity index (χ3v) is 1.46. The van der Waals surface area contributed by atoms with Crippen molar-refractivity contribution in [2.45, 2.75) is 19.4 Å². The van der Waals surface area contributed by atoms with Crippen molar-refractivity contribution < 1.29 is 4.79 Å². The Labute approximate surface area is 67.6 Å². The highest BCUT2D eigenvalue weighted by molar-refractivity contribution is 5.81. The van der Waals surface area contributed by atoms with E-state index in [-0.39, 0.29) is 5.91 Å². The first-order valence-electron chi connectivity index (χ1n) is 3.57. The second kappa shape index (κ2) is 4.75. The lowest BCUT2D eigenvalue weighted by atomic mass is 10.2. The van der Waals surface area contributed by atoms with Crippen LogP contribution in [-0.2, 0) is 4.79 Å². The summed E-state index contributed by atoms with van der Waals surface area (Å²) in [6.45, 7) is 2.19. The van der Waals surface area contributed by atoms with Crippen LogP contribution in [0.4, 0.5) is 0 Å². The molecule has 0 bridgehead atoms. The maximum absolute atomic E-state index is 11.2. The molecule has 0 aromatic rings. The van der Waals surface area contributed by atoms with Gasteiger partial charge >= 0.3 is 0 Å². The Kier molecular flexibility index (Phi) is 4.32. The van der Waals surface area contributed by atoms with E-state index >= 15 is 0 Å². The molecule has 0 fully saturated rings. The number of hydrogen-bond acceptors (Lipinski definition) is 2. The van der Waals surface area contributed by atoms with Gasteiger partial charge in [-0.1, -0.05) is 12.8 Å². The van der Waals surface area contributed by atoms with Crippen molar-refractivity contribution in [3.63, 3.8) is 0 Å². The summed E-state index contributed by atoms with van der Waals surface area (Å²) in [7, 11) is 1.65. The molecule has 0 rings (SSSR count). The molecule has 0 aliphatic rings. The van der Waals surface area contributed by atoms with Crippen molar-refractivity contribution in [3.8, 4) is 12.3 Å². The van der Waals surface area contributed by atoms with Crippen molar-refractivity contribution in [2.24, 2.45) is 5.73 Å². The van der Waals surface area contributed by atoms with Crippen molar-refractivity contribution >= 4 is 5.91 Å². The molecule has 0 unspecified atom stereocenters. The zero-order chi connectivity index (χ0) is 8.85. The maximum atomic E-state index is 11.2. The van der Waals surface area contributed by atoms with Gasteiger partial charge in [0.2, 0.25) is 5.91 Å². The lowest BCUT2D eigenvalue weighted by molar-refractivity contribution is -0.130. The zero-order valence-corrected chi connectivity index (χ0v) is 7.00. The number of amides is 1. The molecule has 3 heteroatoms. The third-order valence-electron chi connectivity index (χ3n) is 1.46. The summed E-state index contributed by atoms with van der Waals surface area (Å²) < 4.78 is 0. The second-order valence-electron chi connectivity index (χ2n) is 2.41. The van der Waals surface area contributed by atoms with E-state index in [4.69, 9.17) is 12.2 Å². The van der Waals surface area contributed by atoms with Crippen LogP contribution in [0.15, 0.2) is 0 Å². The summed E-state index contributed by atoms with van der Waals surface area (Å²) in [5.74, 6) is 2.28. The van der Waals surface area contributed by atoms with Gasteiger partial charge < -0.3 is 10.6 Å². The predicted octanol–water partition coefficient (Wildman–Crippen LogP) is -0.185. The van der Waals surface area contributed by atoms with Gasteiger partial charge in [-0.05, 0) is 6.42 Å². The Hall–Kier alpha value is -1.01. The van der Waals surface area contributed by atoms with Crippen LogP contribution in [0, 0.1) is 12.3 Å². The zero-order valence-electron chi connectivity index (χ0n) is 7.00. The van der Waals surface area contributed by atoms with Gasteiger partial charge in [-0.15, -0.1) is 6.42 Å². The minimum absolute atomic E-state index is 0.0922. The first kappa shape index (κ1) is 9.99. The van der Waals surface area contributed by atoms with Crippen LogP contribution in [0.1, 0.15) is 13.3 Å². The minimum Gasteiger partial charge on any atom is -0.333 e. The number of rotatable bonds is 3. The lowest BCUT2D eigenvalue weighted by Crippen LogP contribution is -2.41. The fourth-order valence-corrected chi connectivity index (χ4v) is 0.673. The third kappa shape index (κ3) is 3.06. The van der Waals surface area contributed by atoms with E-state index in [1.54, 1.807) is 7.05 Å². The Balaban J connectivity index is 3.93. The van der Waals surface area contributed by atoms with E-state index in [0.717, 1.165) is 0 Å². The van der Waals surface area contributed by atoms with E-state index in [0.29, 0.717) is 13.0 Å². The van der Waals surface area contributed by atoms with E-state index in [1.165, 1.54) is 4.90 Å². The Morgan fingerprint density at radius 1 is 1.82 bits per heavy atom. The number of carbonyl (C=O) groups excluding carboxylic acids is 1. The maximum Gasteiger partial charge on any atom is 0.239 e.